The topological polar surface area (TPSA) is 53.8 Å². The van der Waals surface area contributed by atoms with Gasteiger partial charge in [0.05, 0.1) is 19.3 Å². The van der Waals surface area contributed by atoms with Crippen LogP contribution in [-0.2, 0) is 11.8 Å². The molecule has 1 aromatic heterocycles. The van der Waals surface area contributed by atoms with Gasteiger partial charge in [-0.15, -0.1) is 0 Å². The Kier molecular flexibility index (Phi) is 6.47. The third-order valence-corrected chi connectivity index (χ3v) is 4.70. The second-order valence-corrected chi connectivity index (χ2v) is 7.06. The Hall–Kier alpha value is -2.38. The second-order valence-electron chi connectivity index (χ2n) is 7.06. The maximum absolute atomic E-state index is 12.6. The highest BCUT2D eigenvalue weighted by molar-refractivity contribution is 5.77. The summed E-state index contributed by atoms with van der Waals surface area (Å²) in [5.74, 6) is 0.850. The predicted molar refractivity (Wildman–Crippen MR) is 104 cm³/mol. The minimum atomic E-state index is 0.112. The summed E-state index contributed by atoms with van der Waals surface area (Å²) in [6.45, 7) is 3.44. The van der Waals surface area contributed by atoms with Crippen LogP contribution in [0.4, 0.5) is 0 Å². The first-order valence-corrected chi connectivity index (χ1v) is 9.36. The third kappa shape index (κ3) is 5.30. The SMILES string of the molecule is CN(C)N(CCOc1c[c]cc(-c2cnn(C)c2)c1)C(=O)CN1CCCC1. The maximum Gasteiger partial charge on any atom is 0.251 e. The van der Waals surface area contributed by atoms with Crippen LogP contribution in [0.5, 0.6) is 5.75 Å². The summed E-state index contributed by atoms with van der Waals surface area (Å²) in [6.07, 6.45) is 6.14. The van der Waals surface area contributed by atoms with E-state index in [0.29, 0.717) is 19.7 Å². The molecule has 0 N–H and O–H groups in total. The molecule has 2 heterocycles. The Labute approximate surface area is 161 Å². The minimum absolute atomic E-state index is 0.112. The van der Waals surface area contributed by atoms with Gasteiger partial charge in [0.15, 0.2) is 0 Å². The summed E-state index contributed by atoms with van der Waals surface area (Å²) >= 11 is 0. The van der Waals surface area contributed by atoms with Crippen LogP contribution >= 0.6 is 0 Å². The zero-order valence-corrected chi connectivity index (χ0v) is 16.4. The van der Waals surface area contributed by atoms with E-state index in [4.69, 9.17) is 4.74 Å². The average Bonchev–Trinajstić information content (AvgIpc) is 3.30. The zero-order chi connectivity index (χ0) is 19.2. The lowest BCUT2D eigenvalue weighted by molar-refractivity contribution is -0.146. The van der Waals surface area contributed by atoms with Crippen molar-refractivity contribution in [1.82, 2.24) is 24.7 Å². The minimum Gasteiger partial charge on any atom is -0.492 e. The fourth-order valence-electron chi connectivity index (χ4n) is 3.28. The molecule has 1 saturated heterocycles. The molecule has 1 aliphatic heterocycles. The van der Waals surface area contributed by atoms with Crippen molar-refractivity contribution in [2.45, 2.75) is 12.8 Å². The van der Waals surface area contributed by atoms with Gasteiger partial charge in [-0.2, -0.15) is 5.10 Å². The number of benzene rings is 1. The number of likely N-dealkylation sites (tertiary alicyclic amines) is 1. The fourth-order valence-corrected chi connectivity index (χ4v) is 3.28. The van der Waals surface area contributed by atoms with E-state index in [2.05, 4.69) is 16.1 Å². The molecule has 0 bridgehead atoms. The van der Waals surface area contributed by atoms with Gasteiger partial charge in [-0.3, -0.25) is 19.4 Å². The van der Waals surface area contributed by atoms with Crippen LogP contribution in [0.1, 0.15) is 12.8 Å². The Morgan fingerprint density at radius 1 is 1.26 bits per heavy atom. The first-order chi connectivity index (χ1) is 13.0. The number of aromatic nitrogens is 2. The van der Waals surface area contributed by atoms with Gasteiger partial charge in [-0.05, 0) is 55.8 Å². The van der Waals surface area contributed by atoms with Gasteiger partial charge in [-0.25, -0.2) is 5.01 Å². The highest BCUT2D eigenvalue weighted by atomic mass is 16.5. The zero-order valence-electron chi connectivity index (χ0n) is 16.4. The molecule has 3 rings (SSSR count). The van der Waals surface area contributed by atoms with Crippen LogP contribution in [-0.4, -0.2) is 77.5 Å². The number of hydrazine groups is 1. The number of rotatable bonds is 8. The molecule has 0 saturated carbocycles. The average molecular weight is 370 g/mol. The largest absolute Gasteiger partial charge is 0.492 e. The molecule has 0 spiro atoms. The van der Waals surface area contributed by atoms with Crippen molar-refractivity contribution in [3.63, 3.8) is 0 Å². The van der Waals surface area contributed by atoms with Crippen LogP contribution in [0.25, 0.3) is 11.1 Å². The Bertz CT molecular complexity index is 752. The number of amides is 1. The van der Waals surface area contributed by atoms with E-state index < -0.39 is 0 Å². The first-order valence-electron chi connectivity index (χ1n) is 9.36. The van der Waals surface area contributed by atoms with E-state index in [0.717, 1.165) is 30.0 Å². The standard InChI is InChI=1S/C20H28N5O2/c1-22(2)25(20(26)16-24-9-4-5-10-24)11-12-27-19-8-6-7-17(13-19)18-14-21-23(3)15-18/h7-8,13-15H,4-5,9-12,16H2,1-3H3. The van der Waals surface area contributed by atoms with E-state index in [1.165, 1.54) is 12.8 Å². The van der Waals surface area contributed by atoms with Crippen LogP contribution in [0.3, 0.4) is 0 Å². The van der Waals surface area contributed by atoms with Gasteiger partial charge in [0.1, 0.15) is 12.4 Å². The van der Waals surface area contributed by atoms with Gasteiger partial charge in [-0.1, -0.05) is 0 Å². The monoisotopic (exact) mass is 370 g/mol. The first kappa shape index (κ1) is 19.4. The molecule has 27 heavy (non-hydrogen) atoms. The van der Waals surface area contributed by atoms with E-state index >= 15 is 0 Å². The number of nitrogens with zero attached hydrogens (tertiary/aromatic N) is 5. The van der Waals surface area contributed by atoms with E-state index in [1.54, 1.807) is 9.69 Å². The van der Waals surface area contributed by atoms with E-state index in [9.17, 15) is 4.79 Å². The molecule has 1 fully saturated rings. The molecule has 7 nitrogen and oxygen atoms in total. The van der Waals surface area contributed by atoms with Crippen molar-refractivity contribution < 1.29 is 9.53 Å². The lowest BCUT2D eigenvalue weighted by Gasteiger charge is -2.30. The molecule has 7 heteroatoms. The van der Waals surface area contributed by atoms with Crippen LogP contribution in [0, 0.1) is 6.07 Å². The molecular formula is C20H28N5O2. The van der Waals surface area contributed by atoms with Crippen molar-refractivity contribution in [3.05, 3.63) is 36.7 Å². The van der Waals surface area contributed by atoms with Crippen LogP contribution in [0.15, 0.2) is 30.6 Å². The fraction of sp³-hybridized carbons (Fsp3) is 0.500. The van der Waals surface area contributed by atoms with Crippen LogP contribution in [0.2, 0.25) is 0 Å². The molecule has 1 radical (unpaired) electrons. The molecule has 1 aliphatic rings. The normalized spacial score (nSPS) is 14.7. The number of carbonyl (C=O) groups excluding carboxylic acids is 1. The number of hydrogen-bond donors (Lipinski definition) is 0. The summed E-state index contributed by atoms with van der Waals surface area (Å²) < 4.78 is 7.65. The van der Waals surface area contributed by atoms with Gasteiger partial charge < -0.3 is 4.74 Å². The smallest absolute Gasteiger partial charge is 0.251 e. The predicted octanol–water partition coefficient (Wildman–Crippen LogP) is 1.67. The van der Waals surface area contributed by atoms with Crippen molar-refractivity contribution in [3.8, 4) is 16.9 Å². The lowest BCUT2D eigenvalue weighted by atomic mass is 10.1. The molecule has 0 aliphatic carbocycles. The van der Waals surface area contributed by atoms with Gasteiger partial charge in [0.25, 0.3) is 5.91 Å². The van der Waals surface area contributed by atoms with E-state index in [-0.39, 0.29) is 5.91 Å². The second kappa shape index (κ2) is 9.01. The molecule has 145 valence electrons. The van der Waals surface area contributed by atoms with Crippen molar-refractivity contribution >= 4 is 5.91 Å². The number of carbonyl (C=O) groups is 1. The summed E-state index contributed by atoms with van der Waals surface area (Å²) in [6, 6.07) is 8.81. The van der Waals surface area contributed by atoms with Gasteiger partial charge in [0.2, 0.25) is 0 Å². The number of ether oxygens (including phenoxy) is 1. The Morgan fingerprint density at radius 3 is 2.70 bits per heavy atom. The van der Waals surface area contributed by atoms with Gasteiger partial charge >= 0.3 is 0 Å². The van der Waals surface area contributed by atoms with Gasteiger partial charge in [0, 0.05) is 32.9 Å². The van der Waals surface area contributed by atoms with Crippen LogP contribution < -0.4 is 4.74 Å². The summed E-state index contributed by atoms with van der Waals surface area (Å²) in [5.41, 5.74) is 2.03. The molecule has 0 unspecified atom stereocenters. The quantitative estimate of drug-likeness (QED) is 0.662. The summed E-state index contributed by atoms with van der Waals surface area (Å²) in [5, 5.41) is 7.77. The highest BCUT2D eigenvalue weighted by Crippen LogP contribution is 2.23. The highest BCUT2D eigenvalue weighted by Gasteiger charge is 2.21. The van der Waals surface area contributed by atoms with Crippen molar-refractivity contribution in [2.24, 2.45) is 7.05 Å². The summed E-state index contributed by atoms with van der Waals surface area (Å²) in [7, 11) is 5.67. The third-order valence-electron chi connectivity index (χ3n) is 4.70. The number of hydrogen-bond acceptors (Lipinski definition) is 5. The molecule has 1 amide bonds. The van der Waals surface area contributed by atoms with Crippen molar-refractivity contribution in [2.75, 3.05) is 46.9 Å². The maximum atomic E-state index is 12.6. The van der Waals surface area contributed by atoms with E-state index in [1.807, 2.05) is 56.7 Å². The Morgan fingerprint density at radius 2 is 2.04 bits per heavy atom. The molecular weight excluding hydrogens is 342 g/mol. The summed E-state index contributed by atoms with van der Waals surface area (Å²) in [4.78, 5) is 14.8. The molecule has 2 aromatic rings. The lowest BCUT2D eigenvalue weighted by Crippen LogP contribution is -2.48. The number of aryl methyl sites for hydroxylation is 1. The Balaban J connectivity index is 1.54. The molecule has 1 aromatic carbocycles. The molecule has 0 atom stereocenters. The van der Waals surface area contributed by atoms with Crippen molar-refractivity contribution in [1.29, 1.82) is 0 Å².